The zero-order valence-corrected chi connectivity index (χ0v) is 15.8. The van der Waals surface area contributed by atoms with E-state index in [0.29, 0.717) is 10.9 Å². The number of halogens is 1. The van der Waals surface area contributed by atoms with Crippen LogP contribution in [0.25, 0.3) is 4.96 Å². The van der Waals surface area contributed by atoms with Crippen LogP contribution < -0.4 is 0 Å². The standard InChI is InChI=1S/C19H23FN4OS/c1-3-15-21-19-24(22-15)18(25)17(26-19)16(13-4-6-14(20)7-5-13)23-10-8-12(2)9-11-23/h4-7,12,16,25H,3,8-11H2,1-2H3. The van der Waals surface area contributed by atoms with Gasteiger partial charge in [0.1, 0.15) is 5.82 Å². The molecule has 0 bridgehead atoms. The van der Waals surface area contributed by atoms with Crippen molar-refractivity contribution in [1.29, 1.82) is 0 Å². The average molecular weight is 374 g/mol. The van der Waals surface area contributed by atoms with Crippen molar-refractivity contribution in [2.75, 3.05) is 13.1 Å². The molecular formula is C19H23FN4OS. The van der Waals surface area contributed by atoms with Crippen LogP contribution in [-0.2, 0) is 6.42 Å². The van der Waals surface area contributed by atoms with Crippen molar-refractivity contribution in [3.05, 3.63) is 46.3 Å². The number of aryl methyl sites for hydroxylation is 1. The molecule has 0 radical (unpaired) electrons. The largest absolute Gasteiger partial charge is 0.492 e. The predicted octanol–water partition coefficient (Wildman–Crippen LogP) is 4.02. The van der Waals surface area contributed by atoms with E-state index in [9.17, 15) is 9.50 Å². The topological polar surface area (TPSA) is 53.7 Å². The normalized spacial score (nSPS) is 17.8. The van der Waals surface area contributed by atoms with E-state index in [1.54, 1.807) is 0 Å². The maximum atomic E-state index is 13.4. The third-order valence-corrected chi connectivity index (χ3v) is 6.25. The van der Waals surface area contributed by atoms with Crippen LogP contribution in [0.3, 0.4) is 0 Å². The van der Waals surface area contributed by atoms with E-state index in [1.165, 1.54) is 28.0 Å². The van der Waals surface area contributed by atoms with Gasteiger partial charge in [-0.1, -0.05) is 37.3 Å². The summed E-state index contributed by atoms with van der Waals surface area (Å²) in [7, 11) is 0. The second-order valence-corrected chi connectivity index (χ2v) is 8.05. The molecule has 1 N–H and O–H groups in total. The molecule has 0 amide bonds. The lowest BCUT2D eigenvalue weighted by atomic mass is 9.95. The molecule has 5 nitrogen and oxygen atoms in total. The SMILES string of the molecule is CCc1nc2sc(C(c3ccc(F)cc3)N3CCC(C)CC3)c(O)n2n1. The molecule has 0 aliphatic carbocycles. The smallest absolute Gasteiger partial charge is 0.230 e. The van der Waals surface area contributed by atoms with Gasteiger partial charge in [0.2, 0.25) is 10.8 Å². The summed E-state index contributed by atoms with van der Waals surface area (Å²) >= 11 is 1.47. The Bertz CT molecular complexity index is 896. The van der Waals surface area contributed by atoms with Gasteiger partial charge in [-0.15, -0.1) is 5.10 Å². The van der Waals surface area contributed by atoms with E-state index in [0.717, 1.165) is 48.6 Å². The van der Waals surface area contributed by atoms with Gasteiger partial charge in [0.15, 0.2) is 5.82 Å². The van der Waals surface area contributed by atoms with Crippen molar-refractivity contribution >= 4 is 16.3 Å². The second-order valence-electron chi connectivity index (χ2n) is 7.04. The molecule has 3 aromatic rings. The monoisotopic (exact) mass is 374 g/mol. The van der Waals surface area contributed by atoms with Gasteiger partial charge in [-0.05, 0) is 49.5 Å². The van der Waals surface area contributed by atoms with Crippen LogP contribution in [0.15, 0.2) is 24.3 Å². The Morgan fingerprint density at radius 2 is 1.96 bits per heavy atom. The van der Waals surface area contributed by atoms with Crippen LogP contribution in [0.5, 0.6) is 5.88 Å². The molecule has 1 unspecified atom stereocenters. The van der Waals surface area contributed by atoms with Gasteiger partial charge in [0.05, 0.1) is 10.9 Å². The highest BCUT2D eigenvalue weighted by Crippen LogP contribution is 2.41. The minimum Gasteiger partial charge on any atom is -0.492 e. The fourth-order valence-corrected chi connectivity index (χ4v) is 4.71. The van der Waals surface area contributed by atoms with Crippen LogP contribution in [0.4, 0.5) is 4.39 Å². The van der Waals surface area contributed by atoms with Gasteiger partial charge in [-0.3, -0.25) is 4.90 Å². The quantitative estimate of drug-likeness (QED) is 0.749. The van der Waals surface area contributed by atoms with Crippen LogP contribution in [0, 0.1) is 11.7 Å². The van der Waals surface area contributed by atoms with Gasteiger partial charge < -0.3 is 5.11 Å². The summed E-state index contributed by atoms with van der Waals surface area (Å²) in [4.78, 5) is 8.39. The van der Waals surface area contributed by atoms with Crippen LogP contribution in [0.1, 0.15) is 49.0 Å². The maximum absolute atomic E-state index is 13.4. The third kappa shape index (κ3) is 3.10. The van der Waals surface area contributed by atoms with E-state index in [2.05, 4.69) is 21.9 Å². The number of benzene rings is 1. The lowest BCUT2D eigenvalue weighted by Crippen LogP contribution is -2.36. The molecule has 1 atom stereocenters. The van der Waals surface area contributed by atoms with Gasteiger partial charge in [-0.25, -0.2) is 9.37 Å². The van der Waals surface area contributed by atoms with Crippen LogP contribution >= 0.6 is 11.3 Å². The highest BCUT2D eigenvalue weighted by molar-refractivity contribution is 7.17. The molecule has 138 valence electrons. The van der Waals surface area contributed by atoms with Crippen LogP contribution in [-0.4, -0.2) is 37.7 Å². The average Bonchev–Trinajstić information content (AvgIpc) is 3.18. The van der Waals surface area contributed by atoms with E-state index in [4.69, 9.17) is 0 Å². The number of hydrogen-bond acceptors (Lipinski definition) is 5. The summed E-state index contributed by atoms with van der Waals surface area (Å²) < 4.78 is 15.0. The molecule has 1 fully saturated rings. The predicted molar refractivity (Wildman–Crippen MR) is 100 cm³/mol. The number of rotatable bonds is 4. The molecule has 2 aromatic heterocycles. The molecular weight excluding hydrogens is 351 g/mol. The van der Waals surface area contributed by atoms with Crippen LogP contribution in [0.2, 0.25) is 0 Å². The number of aromatic hydroxyl groups is 1. The third-order valence-electron chi connectivity index (χ3n) is 5.18. The lowest BCUT2D eigenvalue weighted by molar-refractivity contribution is 0.157. The highest BCUT2D eigenvalue weighted by Gasteiger charge is 2.31. The first kappa shape index (κ1) is 17.4. The minimum absolute atomic E-state index is 0.110. The van der Waals surface area contributed by atoms with Crippen molar-refractivity contribution in [2.24, 2.45) is 5.92 Å². The minimum atomic E-state index is -0.251. The van der Waals surface area contributed by atoms with E-state index >= 15 is 0 Å². The molecule has 1 saturated heterocycles. The summed E-state index contributed by atoms with van der Waals surface area (Å²) in [5, 5.41) is 15.2. The molecule has 1 aliphatic rings. The van der Waals surface area contributed by atoms with Crippen molar-refractivity contribution in [2.45, 2.75) is 39.2 Å². The number of thiazole rings is 1. The number of likely N-dealkylation sites (tertiary alicyclic amines) is 1. The van der Waals surface area contributed by atoms with Crippen molar-refractivity contribution < 1.29 is 9.50 Å². The first-order valence-electron chi connectivity index (χ1n) is 9.13. The first-order chi connectivity index (χ1) is 12.6. The first-order valence-corrected chi connectivity index (χ1v) is 9.95. The van der Waals surface area contributed by atoms with Gasteiger partial charge in [-0.2, -0.15) is 4.52 Å². The van der Waals surface area contributed by atoms with Gasteiger partial charge >= 0.3 is 0 Å². The second kappa shape index (κ2) is 6.96. The Balaban J connectivity index is 1.78. The number of nitrogens with zero attached hydrogens (tertiary/aromatic N) is 4. The van der Waals surface area contributed by atoms with E-state index in [-0.39, 0.29) is 17.7 Å². The molecule has 1 aromatic carbocycles. The molecule has 1 aliphatic heterocycles. The van der Waals surface area contributed by atoms with Gasteiger partial charge in [0, 0.05) is 6.42 Å². The maximum Gasteiger partial charge on any atom is 0.230 e. The Kier molecular flexibility index (Phi) is 4.67. The van der Waals surface area contributed by atoms with Crippen molar-refractivity contribution in [3.63, 3.8) is 0 Å². The number of piperidine rings is 1. The summed E-state index contributed by atoms with van der Waals surface area (Å²) in [6.45, 7) is 6.18. The molecule has 4 rings (SSSR count). The zero-order chi connectivity index (χ0) is 18.3. The van der Waals surface area contributed by atoms with E-state index < -0.39 is 0 Å². The summed E-state index contributed by atoms with van der Waals surface area (Å²) in [6.07, 6.45) is 2.98. The number of fused-ring (bicyclic) bond motifs is 1. The summed E-state index contributed by atoms with van der Waals surface area (Å²) in [6, 6.07) is 6.48. The number of hydrogen-bond donors (Lipinski definition) is 1. The van der Waals surface area contributed by atoms with Crippen molar-refractivity contribution in [3.8, 4) is 5.88 Å². The Morgan fingerprint density at radius 3 is 2.58 bits per heavy atom. The highest BCUT2D eigenvalue weighted by atomic mass is 32.1. The lowest BCUT2D eigenvalue weighted by Gasteiger charge is -2.36. The molecule has 3 heterocycles. The Hall–Kier alpha value is -1.99. The van der Waals surface area contributed by atoms with Gasteiger partial charge in [0.25, 0.3) is 0 Å². The Morgan fingerprint density at radius 1 is 1.27 bits per heavy atom. The van der Waals surface area contributed by atoms with Crippen molar-refractivity contribution in [1.82, 2.24) is 19.5 Å². The zero-order valence-electron chi connectivity index (χ0n) is 15.0. The van der Waals surface area contributed by atoms with E-state index in [1.807, 2.05) is 19.1 Å². The molecule has 0 spiro atoms. The fourth-order valence-electron chi connectivity index (χ4n) is 3.58. The number of aromatic nitrogens is 3. The summed E-state index contributed by atoms with van der Waals surface area (Å²) in [5.74, 6) is 1.33. The fraction of sp³-hybridized carbons (Fsp3) is 0.474. The summed E-state index contributed by atoms with van der Waals surface area (Å²) in [5.41, 5.74) is 0.983. The Labute approximate surface area is 156 Å². The molecule has 7 heteroatoms. The molecule has 26 heavy (non-hydrogen) atoms. The molecule has 0 saturated carbocycles.